The maximum atomic E-state index is 13.6. The summed E-state index contributed by atoms with van der Waals surface area (Å²) in [5.41, 5.74) is 13.5. The number of benzene rings is 4. The summed E-state index contributed by atoms with van der Waals surface area (Å²) >= 11 is 6.49. The van der Waals surface area contributed by atoms with Crippen molar-refractivity contribution in [1.29, 1.82) is 0 Å². The maximum Gasteiger partial charge on any atom is 0.343 e. The van der Waals surface area contributed by atoms with Crippen molar-refractivity contribution in [3.05, 3.63) is 130 Å². The monoisotopic (exact) mass is 584 g/mol. The number of esters is 1. The average molecular weight is 585 g/mol. The lowest BCUT2D eigenvalue weighted by Gasteiger charge is -2.30. The van der Waals surface area contributed by atoms with Crippen molar-refractivity contribution in [2.45, 2.75) is 25.4 Å². The van der Waals surface area contributed by atoms with Crippen LogP contribution in [0, 0.1) is 0 Å². The molecule has 10 heteroatoms. The highest BCUT2D eigenvalue weighted by Crippen LogP contribution is 2.26. The number of aliphatic carboxylic acids is 1. The van der Waals surface area contributed by atoms with Crippen molar-refractivity contribution in [3.8, 4) is 5.75 Å². The number of carboxylic acids is 1. The smallest absolute Gasteiger partial charge is 0.343 e. The SMILES string of the molecule is NC(N)=Nc1ccc(C(=O)Oc2ccc(CC(=O)N(Cc3ccccc3)[C@@H](Cc3ccccc3)C(=O)O)c(Cl)c2)cc1. The number of carboxylic acid groups (broad SMARTS) is 1. The van der Waals surface area contributed by atoms with E-state index in [1.807, 2.05) is 60.7 Å². The fourth-order valence-corrected chi connectivity index (χ4v) is 4.54. The third-order valence-electron chi connectivity index (χ3n) is 6.39. The fraction of sp³-hybridized carbons (Fsp3) is 0.125. The van der Waals surface area contributed by atoms with Crippen molar-refractivity contribution < 1.29 is 24.2 Å². The first-order chi connectivity index (χ1) is 20.2. The zero-order chi connectivity index (χ0) is 30.1. The number of rotatable bonds is 11. The van der Waals surface area contributed by atoms with Crippen LogP contribution in [0.5, 0.6) is 5.75 Å². The van der Waals surface area contributed by atoms with Gasteiger partial charge in [-0.2, -0.15) is 0 Å². The van der Waals surface area contributed by atoms with Crippen LogP contribution >= 0.6 is 11.6 Å². The van der Waals surface area contributed by atoms with Gasteiger partial charge in [0.15, 0.2) is 5.96 Å². The average Bonchev–Trinajstić information content (AvgIpc) is 2.97. The Balaban J connectivity index is 1.51. The molecule has 0 aliphatic heterocycles. The Morgan fingerprint density at radius 3 is 2.05 bits per heavy atom. The van der Waals surface area contributed by atoms with Crippen molar-refractivity contribution in [1.82, 2.24) is 4.90 Å². The number of carbonyl (C=O) groups is 3. The van der Waals surface area contributed by atoms with Crippen LogP contribution in [0.1, 0.15) is 27.0 Å². The van der Waals surface area contributed by atoms with Gasteiger partial charge >= 0.3 is 11.9 Å². The van der Waals surface area contributed by atoms with Crippen LogP contribution in [-0.4, -0.2) is 39.9 Å². The molecule has 0 spiro atoms. The van der Waals surface area contributed by atoms with Crippen LogP contribution < -0.4 is 16.2 Å². The number of nitrogens with zero attached hydrogens (tertiary/aromatic N) is 2. The van der Waals surface area contributed by atoms with E-state index in [1.165, 1.54) is 29.2 Å². The number of aliphatic imine (C=N–C) groups is 1. The van der Waals surface area contributed by atoms with Crippen molar-refractivity contribution in [2.24, 2.45) is 16.5 Å². The molecule has 1 atom stereocenters. The minimum atomic E-state index is -1.11. The lowest BCUT2D eigenvalue weighted by atomic mass is 10.0. The summed E-state index contributed by atoms with van der Waals surface area (Å²) in [4.78, 5) is 43.9. The molecule has 1 amide bonds. The molecule has 0 aromatic heterocycles. The molecule has 0 aliphatic carbocycles. The van der Waals surface area contributed by atoms with E-state index in [0.29, 0.717) is 11.3 Å². The van der Waals surface area contributed by atoms with Gasteiger partial charge in [-0.3, -0.25) is 4.79 Å². The summed E-state index contributed by atoms with van der Waals surface area (Å²) in [6.07, 6.45) is -0.00494. The van der Waals surface area contributed by atoms with Crippen molar-refractivity contribution in [3.63, 3.8) is 0 Å². The zero-order valence-corrected chi connectivity index (χ0v) is 23.3. The molecule has 42 heavy (non-hydrogen) atoms. The second kappa shape index (κ2) is 14.0. The number of nitrogens with two attached hydrogens (primary N) is 2. The summed E-state index contributed by atoms with van der Waals surface area (Å²) in [6.45, 7) is 0.110. The zero-order valence-electron chi connectivity index (χ0n) is 22.5. The van der Waals surface area contributed by atoms with Gasteiger partial charge in [0, 0.05) is 18.0 Å². The summed E-state index contributed by atoms with van der Waals surface area (Å²) in [6, 6.07) is 28.0. The van der Waals surface area contributed by atoms with Crippen molar-refractivity contribution in [2.75, 3.05) is 0 Å². The molecule has 0 saturated carbocycles. The first kappa shape index (κ1) is 29.8. The molecule has 0 fully saturated rings. The Bertz CT molecular complexity index is 1570. The highest BCUT2D eigenvalue weighted by Gasteiger charge is 2.30. The first-order valence-electron chi connectivity index (χ1n) is 13.0. The van der Waals surface area contributed by atoms with E-state index in [1.54, 1.807) is 18.2 Å². The van der Waals surface area contributed by atoms with Crippen LogP contribution in [0.25, 0.3) is 0 Å². The normalized spacial score (nSPS) is 11.3. The van der Waals surface area contributed by atoms with E-state index in [0.717, 1.165) is 11.1 Å². The maximum absolute atomic E-state index is 13.6. The number of carbonyl (C=O) groups excluding carboxylic acids is 2. The van der Waals surface area contributed by atoms with Crippen LogP contribution in [-0.2, 0) is 29.0 Å². The highest BCUT2D eigenvalue weighted by molar-refractivity contribution is 6.31. The van der Waals surface area contributed by atoms with E-state index in [2.05, 4.69) is 4.99 Å². The van der Waals surface area contributed by atoms with E-state index in [9.17, 15) is 19.5 Å². The van der Waals surface area contributed by atoms with Gasteiger partial charge in [-0.1, -0.05) is 78.3 Å². The van der Waals surface area contributed by atoms with Gasteiger partial charge in [0.05, 0.1) is 17.7 Å². The molecule has 0 heterocycles. The van der Waals surface area contributed by atoms with Gasteiger partial charge in [0.1, 0.15) is 11.8 Å². The van der Waals surface area contributed by atoms with Gasteiger partial charge in [-0.15, -0.1) is 0 Å². The van der Waals surface area contributed by atoms with Gasteiger partial charge < -0.3 is 26.2 Å². The Kier molecular flexibility index (Phi) is 9.91. The molecule has 0 unspecified atom stereocenters. The molecule has 4 aromatic carbocycles. The molecular formula is C32H29ClN4O5. The van der Waals surface area contributed by atoms with Gasteiger partial charge in [0.25, 0.3) is 0 Å². The fourth-order valence-electron chi connectivity index (χ4n) is 4.31. The van der Waals surface area contributed by atoms with Gasteiger partial charge in [-0.25, -0.2) is 14.6 Å². The molecule has 214 valence electrons. The standard InChI is InChI=1S/C32H29ClN4O5/c33-27-19-26(42-31(41)23-11-14-25(15-12-23)36-32(34)35)16-13-24(27)18-29(38)37(20-22-9-5-2-6-10-22)28(30(39)40)17-21-7-3-1-4-8-21/h1-16,19,28H,17-18,20H2,(H,39,40)(H4,34,35,36)/t28-/m0/s1. The van der Waals surface area contributed by atoms with E-state index in [-0.39, 0.29) is 41.7 Å². The Morgan fingerprint density at radius 2 is 1.48 bits per heavy atom. The van der Waals surface area contributed by atoms with Gasteiger partial charge in [0.2, 0.25) is 5.91 Å². The first-order valence-corrected chi connectivity index (χ1v) is 13.4. The Labute approximate surface area is 248 Å². The summed E-state index contributed by atoms with van der Waals surface area (Å²) in [5, 5.41) is 10.3. The third-order valence-corrected chi connectivity index (χ3v) is 6.74. The summed E-state index contributed by atoms with van der Waals surface area (Å²) in [7, 11) is 0. The second-order valence-electron chi connectivity index (χ2n) is 9.45. The molecule has 0 saturated heterocycles. The largest absolute Gasteiger partial charge is 0.480 e. The predicted molar refractivity (Wildman–Crippen MR) is 161 cm³/mol. The second-order valence-corrected chi connectivity index (χ2v) is 9.86. The van der Waals surface area contributed by atoms with Crippen LogP contribution in [0.4, 0.5) is 5.69 Å². The minimum Gasteiger partial charge on any atom is -0.480 e. The highest BCUT2D eigenvalue weighted by atomic mass is 35.5. The van der Waals surface area contributed by atoms with Crippen LogP contribution in [0.3, 0.4) is 0 Å². The van der Waals surface area contributed by atoms with E-state index < -0.39 is 23.9 Å². The molecule has 0 aliphatic rings. The molecule has 0 radical (unpaired) electrons. The lowest BCUT2D eigenvalue weighted by Crippen LogP contribution is -2.46. The van der Waals surface area contributed by atoms with E-state index >= 15 is 0 Å². The molecule has 9 nitrogen and oxygen atoms in total. The summed E-state index contributed by atoms with van der Waals surface area (Å²) < 4.78 is 5.44. The number of ether oxygens (including phenoxy) is 1. The topological polar surface area (TPSA) is 148 Å². The van der Waals surface area contributed by atoms with Crippen LogP contribution in [0.15, 0.2) is 108 Å². The molecule has 5 N–H and O–H groups in total. The van der Waals surface area contributed by atoms with E-state index in [4.69, 9.17) is 27.8 Å². The molecule has 4 aromatic rings. The molecule has 0 bridgehead atoms. The minimum absolute atomic E-state index is 0.101. The van der Waals surface area contributed by atoms with Crippen molar-refractivity contribution >= 4 is 41.1 Å². The number of hydrogen-bond donors (Lipinski definition) is 3. The molecular weight excluding hydrogens is 556 g/mol. The number of halogens is 1. The Hall–Kier alpha value is -5.15. The van der Waals surface area contributed by atoms with Crippen LogP contribution in [0.2, 0.25) is 5.02 Å². The number of guanidine groups is 1. The number of hydrogen-bond acceptors (Lipinski definition) is 5. The lowest BCUT2D eigenvalue weighted by molar-refractivity contribution is -0.150. The quantitative estimate of drug-likeness (QED) is 0.0998. The Morgan fingerprint density at radius 1 is 0.857 bits per heavy atom. The predicted octanol–water partition coefficient (Wildman–Crippen LogP) is 4.73. The summed E-state index contributed by atoms with van der Waals surface area (Å²) in [5.74, 6) is -2.05. The third kappa shape index (κ3) is 8.18. The molecule has 4 rings (SSSR count). The van der Waals surface area contributed by atoms with Gasteiger partial charge in [-0.05, 0) is 53.1 Å². The number of amides is 1.